The van der Waals surface area contributed by atoms with E-state index in [9.17, 15) is 49.7 Å². The van der Waals surface area contributed by atoms with E-state index in [0.717, 1.165) is 24.3 Å². The van der Waals surface area contributed by atoms with E-state index in [-0.39, 0.29) is 12.1 Å². The summed E-state index contributed by atoms with van der Waals surface area (Å²) in [6.07, 6.45) is -15.4. The molecule has 0 spiro atoms. The molecule has 0 saturated heterocycles. The molecule has 3 aromatic rings. The van der Waals surface area contributed by atoms with Gasteiger partial charge >= 0.3 is 18.5 Å². The van der Waals surface area contributed by atoms with Crippen molar-refractivity contribution in [2.24, 2.45) is 0 Å². The lowest BCUT2D eigenvalue weighted by Crippen LogP contribution is -2.44. The Labute approximate surface area is 180 Å². The van der Waals surface area contributed by atoms with Gasteiger partial charge in [0, 0.05) is 11.1 Å². The van der Waals surface area contributed by atoms with E-state index in [2.05, 4.69) is 0 Å². The van der Waals surface area contributed by atoms with Gasteiger partial charge in [0.1, 0.15) is 16.9 Å². The Morgan fingerprint density at radius 1 is 0.485 bits per heavy atom. The molecule has 0 atom stereocenters. The van der Waals surface area contributed by atoms with Crippen molar-refractivity contribution < 1.29 is 49.7 Å². The fourth-order valence-corrected chi connectivity index (χ4v) is 3.66. The Balaban J connectivity index is 2.46. The van der Waals surface area contributed by atoms with Gasteiger partial charge in [0.2, 0.25) is 0 Å². The summed E-state index contributed by atoms with van der Waals surface area (Å²) >= 11 is 0. The molecule has 2 nitrogen and oxygen atoms in total. The molecule has 0 amide bonds. The van der Waals surface area contributed by atoms with Crippen LogP contribution in [0.3, 0.4) is 0 Å². The largest absolute Gasteiger partial charge is 0.508 e. The van der Waals surface area contributed by atoms with Crippen molar-refractivity contribution in [3.8, 4) is 11.5 Å². The molecular weight excluding hydrogens is 467 g/mol. The lowest BCUT2D eigenvalue weighted by atomic mass is 9.67. The lowest BCUT2D eigenvalue weighted by molar-refractivity contribution is -0.167. The SMILES string of the molecule is Oc1cc(C(F)(F)F)ccc1C(c1ccccc1)(c1ccc(C(F)(F)F)cc1O)C(F)(F)F. The molecule has 33 heavy (non-hydrogen) atoms. The number of rotatable bonds is 3. The Kier molecular flexibility index (Phi) is 5.80. The maximum absolute atomic E-state index is 14.8. The minimum atomic E-state index is -5.43. The lowest BCUT2D eigenvalue weighted by Gasteiger charge is -2.38. The molecule has 3 aromatic carbocycles. The van der Waals surface area contributed by atoms with Crippen molar-refractivity contribution in [3.63, 3.8) is 0 Å². The van der Waals surface area contributed by atoms with Crippen molar-refractivity contribution >= 4 is 0 Å². The molecule has 0 bridgehead atoms. The fourth-order valence-electron chi connectivity index (χ4n) is 3.66. The first-order valence-corrected chi connectivity index (χ1v) is 9.03. The number of hydrogen-bond donors (Lipinski definition) is 2. The topological polar surface area (TPSA) is 40.5 Å². The van der Waals surface area contributed by atoms with Crippen molar-refractivity contribution in [2.45, 2.75) is 23.9 Å². The first-order chi connectivity index (χ1) is 15.1. The number of alkyl halides is 9. The zero-order valence-corrected chi connectivity index (χ0v) is 16.1. The molecular formula is C22H13F9O2. The van der Waals surface area contributed by atoms with E-state index in [4.69, 9.17) is 0 Å². The molecule has 0 aliphatic rings. The maximum atomic E-state index is 14.8. The minimum absolute atomic E-state index is 0.0832. The van der Waals surface area contributed by atoms with E-state index < -0.39 is 63.3 Å². The Morgan fingerprint density at radius 3 is 1.18 bits per heavy atom. The number of halogens is 9. The molecule has 0 aromatic heterocycles. The maximum Gasteiger partial charge on any atom is 0.416 e. The van der Waals surface area contributed by atoms with Crippen LogP contribution in [0.5, 0.6) is 11.5 Å². The van der Waals surface area contributed by atoms with Gasteiger partial charge in [-0.3, -0.25) is 0 Å². The van der Waals surface area contributed by atoms with Crippen molar-refractivity contribution in [3.05, 3.63) is 94.5 Å². The van der Waals surface area contributed by atoms with Crippen LogP contribution in [0, 0.1) is 0 Å². The summed E-state index contributed by atoms with van der Waals surface area (Å²) in [5, 5.41) is 20.6. The molecule has 3 rings (SSSR count). The highest BCUT2D eigenvalue weighted by atomic mass is 19.4. The number of aromatic hydroxyl groups is 2. The van der Waals surface area contributed by atoms with Crippen molar-refractivity contribution in [1.82, 2.24) is 0 Å². The normalized spacial score (nSPS) is 13.2. The van der Waals surface area contributed by atoms with E-state index in [1.807, 2.05) is 0 Å². The Morgan fingerprint density at radius 2 is 0.879 bits per heavy atom. The highest BCUT2D eigenvalue weighted by molar-refractivity contribution is 5.61. The highest BCUT2D eigenvalue weighted by Gasteiger charge is 2.60. The van der Waals surface area contributed by atoms with E-state index >= 15 is 0 Å². The van der Waals surface area contributed by atoms with Crippen LogP contribution in [0.1, 0.15) is 27.8 Å². The van der Waals surface area contributed by atoms with Gasteiger partial charge in [0.25, 0.3) is 0 Å². The zero-order valence-electron chi connectivity index (χ0n) is 16.1. The molecule has 176 valence electrons. The molecule has 11 heteroatoms. The number of phenolic OH excluding ortho intramolecular Hbond substituents is 2. The van der Waals surface area contributed by atoms with Crippen LogP contribution in [0.25, 0.3) is 0 Å². The van der Waals surface area contributed by atoms with Crippen LogP contribution in [0.15, 0.2) is 66.7 Å². The second-order valence-corrected chi connectivity index (χ2v) is 7.07. The van der Waals surface area contributed by atoms with Gasteiger partial charge in [-0.15, -0.1) is 0 Å². The highest BCUT2D eigenvalue weighted by Crippen LogP contribution is 2.56. The molecule has 0 aliphatic carbocycles. The molecule has 0 aliphatic heterocycles. The van der Waals surface area contributed by atoms with Gasteiger partial charge < -0.3 is 10.2 Å². The van der Waals surface area contributed by atoms with Crippen LogP contribution in [-0.4, -0.2) is 16.4 Å². The first kappa shape index (κ1) is 24.3. The van der Waals surface area contributed by atoms with Crippen LogP contribution in [0.2, 0.25) is 0 Å². The predicted molar refractivity (Wildman–Crippen MR) is 98.6 cm³/mol. The summed E-state index contributed by atoms with van der Waals surface area (Å²) in [6, 6.07) is 7.08. The fraction of sp³-hybridized carbons (Fsp3) is 0.182. The molecule has 0 radical (unpaired) electrons. The van der Waals surface area contributed by atoms with Crippen LogP contribution >= 0.6 is 0 Å². The summed E-state index contributed by atoms with van der Waals surface area (Å²) in [7, 11) is 0. The third-order valence-corrected chi connectivity index (χ3v) is 5.09. The van der Waals surface area contributed by atoms with Gasteiger partial charge in [0.05, 0.1) is 11.1 Å². The molecule has 0 unspecified atom stereocenters. The second kappa shape index (κ2) is 7.89. The molecule has 0 saturated carbocycles. The summed E-state index contributed by atoms with van der Waals surface area (Å²) in [6.45, 7) is 0. The quantitative estimate of drug-likeness (QED) is 0.312. The zero-order chi connectivity index (χ0) is 24.8. The third kappa shape index (κ3) is 4.19. The molecule has 0 fully saturated rings. The van der Waals surface area contributed by atoms with E-state index in [0.29, 0.717) is 24.3 Å². The third-order valence-electron chi connectivity index (χ3n) is 5.09. The van der Waals surface area contributed by atoms with Gasteiger partial charge in [-0.05, 0) is 29.8 Å². The van der Waals surface area contributed by atoms with Gasteiger partial charge in [-0.25, -0.2) is 0 Å². The average molecular weight is 480 g/mol. The van der Waals surface area contributed by atoms with Gasteiger partial charge in [0.15, 0.2) is 0 Å². The van der Waals surface area contributed by atoms with Crippen LogP contribution in [0.4, 0.5) is 39.5 Å². The summed E-state index contributed by atoms with van der Waals surface area (Å²) < 4.78 is 122. The average Bonchev–Trinajstić information content (AvgIpc) is 2.69. The van der Waals surface area contributed by atoms with E-state index in [1.54, 1.807) is 0 Å². The summed E-state index contributed by atoms with van der Waals surface area (Å²) in [5.41, 5.74) is -9.25. The molecule has 0 heterocycles. The van der Waals surface area contributed by atoms with E-state index in [1.165, 1.54) is 6.07 Å². The Hall–Kier alpha value is -3.37. The van der Waals surface area contributed by atoms with Gasteiger partial charge in [-0.2, -0.15) is 39.5 Å². The van der Waals surface area contributed by atoms with Gasteiger partial charge in [-0.1, -0.05) is 42.5 Å². The first-order valence-electron chi connectivity index (χ1n) is 9.03. The van der Waals surface area contributed by atoms with Crippen LogP contribution < -0.4 is 0 Å². The predicted octanol–water partition coefficient (Wildman–Crippen LogP) is 7.03. The summed E-state index contributed by atoms with van der Waals surface area (Å²) in [4.78, 5) is 0. The Bertz CT molecular complexity index is 1080. The number of hydrogen-bond acceptors (Lipinski definition) is 2. The smallest absolute Gasteiger partial charge is 0.416 e. The monoisotopic (exact) mass is 480 g/mol. The standard InChI is InChI=1S/C22H13F9O2/c23-20(24,25)13-6-8-15(17(32)10-13)19(22(29,30)31,12-4-2-1-3-5-12)16-9-7-14(11-18(16)33)21(26,27)28/h1-11,32-33H. The molecule has 2 N–H and O–H groups in total. The number of phenols is 2. The second-order valence-electron chi connectivity index (χ2n) is 7.07. The van der Waals surface area contributed by atoms with Crippen LogP contribution in [-0.2, 0) is 17.8 Å². The number of benzene rings is 3. The van der Waals surface area contributed by atoms with Crippen molar-refractivity contribution in [1.29, 1.82) is 0 Å². The minimum Gasteiger partial charge on any atom is -0.508 e. The van der Waals surface area contributed by atoms with Crippen molar-refractivity contribution in [2.75, 3.05) is 0 Å². The summed E-state index contributed by atoms with van der Waals surface area (Å²) in [5.74, 6) is -2.82.